The summed E-state index contributed by atoms with van der Waals surface area (Å²) in [6.07, 6.45) is 0.908. The summed E-state index contributed by atoms with van der Waals surface area (Å²) in [4.78, 5) is 14.0. The van der Waals surface area contributed by atoms with Gasteiger partial charge in [-0.3, -0.25) is 0 Å². The molecule has 4 nitrogen and oxygen atoms in total. The Morgan fingerprint density at radius 3 is 2.91 bits per heavy atom. The summed E-state index contributed by atoms with van der Waals surface area (Å²) >= 11 is 7.57. The summed E-state index contributed by atoms with van der Waals surface area (Å²) in [6.45, 7) is 4.85. The van der Waals surface area contributed by atoms with Crippen LogP contribution in [0.2, 0.25) is 5.02 Å². The standard InChI is InChI=1S/C17H17ClO4S/c1-3-11-6-15(23-10(11)2)17(19)21-8-13-5-14(18)4-12-7-20-9-22-16(12)13/h4-6H,3,7-9H2,1-2H3. The van der Waals surface area contributed by atoms with Crippen LogP contribution in [0.5, 0.6) is 5.75 Å². The van der Waals surface area contributed by atoms with Crippen molar-refractivity contribution in [3.63, 3.8) is 0 Å². The lowest BCUT2D eigenvalue weighted by molar-refractivity contribution is -0.0180. The van der Waals surface area contributed by atoms with Gasteiger partial charge in [0.25, 0.3) is 0 Å². The van der Waals surface area contributed by atoms with E-state index in [0.29, 0.717) is 22.3 Å². The van der Waals surface area contributed by atoms with Crippen LogP contribution in [0.3, 0.4) is 0 Å². The lowest BCUT2D eigenvalue weighted by Crippen LogP contribution is -2.14. The molecule has 0 spiro atoms. The number of carbonyl (C=O) groups is 1. The highest BCUT2D eigenvalue weighted by atomic mass is 35.5. The Bertz CT molecular complexity index is 738. The van der Waals surface area contributed by atoms with E-state index >= 15 is 0 Å². The molecule has 0 atom stereocenters. The van der Waals surface area contributed by atoms with Gasteiger partial charge in [0.1, 0.15) is 17.2 Å². The van der Waals surface area contributed by atoms with E-state index in [1.54, 1.807) is 12.1 Å². The Kier molecular flexibility index (Phi) is 4.90. The number of carbonyl (C=O) groups excluding carboxylic acids is 1. The number of thiophene rings is 1. The van der Waals surface area contributed by atoms with Gasteiger partial charge in [0.2, 0.25) is 0 Å². The number of halogens is 1. The highest BCUT2D eigenvalue weighted by molar-refractivity contribution is 7.14. The first-order chi connectivity index (χ1) is 11.1. The van der Waals surface area contributed by atoms with Gasteiger partial charge in [0.15, 0.2) is 6.79 Å². The fourth-order valence-corrected chi connectivity index (χ4v) is 3.82. The van der Waals surface area contributed by atoms with E-state index in [1.165, 1.54) is 16.9 Å². The van der Waals surface area contributed by atoms with Crippen molar-refractivity contribution in [2.45, 2.75) is 33.5 Å². The van der Waals surface area contributed by atoms with Gasteiger partial charge in [0.05, 0.1) is 6.61 Å². The maximum absolute atomic E-state index is 12.2. The molecule has 1 aliphatic heterocycles. The average Bonchev–Trinajstić information content (AvgIpc) is 2.93. The van der Waals surface area contributed by atoms with Gasteiger partial charge in [-0.25, -0.2) is 4.79 Å². The van der Waals surface area contributed by atoms with Crippen LogP contribution < -0.4 is 4.74 Å². The number of ether oxygens (including phenoxy) is 3. The van der Waals surface area contributed by atoms with Crippen LogP contribution in [-0.4, -0.2) is 12.8 Å². The van der Waals surface area contributed by atoms with Gasteiger partial charge in [-0.1, -0.05) is 18.5 Å². The number of fused-ring (bicyclic) bond motifs is 1. The summed E-state index contributed by atoms with van der Waals surface area (Å²) in [7, 11) is 0. The third kappa shape index (κ3) is 3.52. The second kappa shape index (κ2) is 6.91. The van der Waals surface area contributed by atoms with Crippen molar-refractivity contribution in [3.05, 3.63) is 49.7 Å². The third-order valence-corrected chi connectivity index (χ3v) is 5.00. The van der Waals surface area contributed by atoms with Crippen LogP contribution in [0.25, 0.3) is 0 Å². The van der Waals surface area contributed by atoms with Gasteiger partial charge in [-0.05, 0) is 37.1 Å². The molecule has 0 bridgehead atoms. The molecule has 122 valence electrons. The molecule has 1 aromatic heterocycles. The minimum Gasteiger partial charge on any atom is -0.467 e. The van der Waals surface area contributed by atoms with E-state index in [9.17, 15) is 4.79 Å². The first-order valence-electron chi connectivity index (χ1n) is 7.36. The summed E-state index contributed by atoms with van der Waals surface area (Å²) in [5.74, 6) is 0.378. The smallest absolute Gasteiger partial charge is 0.348 e. The lowest BCUT2D eigenvalue weighted by Gasteiger charge is -2.21. The van der Waals surface area contributed by atoms with E-state index in [4.69, 9.17) is 25.8 Å². The second-order valence-electron chi connectivity index (χ2n) is 5.29. The molecular weight excluding hydrogens is 336 g/mol. The molecule has 2 heterocycles. The van der Waals surface area contributed by atoms with Crippen LogP contribution in [0, 0.1) is 6.92 Å². The molecule has 23 heavy (non-hydrogen) atoms. The first-order valence-corrected chi connectivity index (χ1v) is 8.56. The molecule has 0 saturated carbocycles. The molecule has 1 aromatic carbocycles. The van der Waals surface area contributed by atoms with E-state index in [-0.39, 0.29) is 19.4 Å². The number of hydrogen-bond acceptors (Lipinski definition) is 5. The molecule has 0 unspecified atom stereocenters. The van der Waals surface area contributed by atoms with Gasteiger partial charge in [-0.15, -0.1) is 11.3 Å². The highest BCUT2D eigenvalue weighted by Gasteiger charge is 2.19. The topological polar surface area (TPSA) is 44.8 Å². The minimum absolute atomic E-state index is 0.125. The molecule has 0 aliphatic carbocycles. The number of rotatable bonds is 4. The molecule has 0 amide bonds. The number of esters is 1. The van der Waals surface area contributed by atoms with E-state index in [0.717, 1.165) is 22.4 Å². The number of benzene rings is 1. The van der Waals surface area contributed by atoms with Gasteiger partial charge >= 0.3 is 5.97 Å². The molecular formula is C17H17ClO4S. The van der Waals surface area contributed by atoms with Crippen LogP contribution >= 0.6 is 22.9 Å². The normalized spacial score (nSPS) is 13.3. The van der Waals surface area contributed by atoms with Crippen molar-refractivity contribution >= 4 is 28.9 Å². The summed E-state index contributed by atoms with van der Waals surface area (Å²) in [6, 6.07) is 5.47. The van der Waals surface area contributed by atoms with E-state index in [1.807, 2.05) is 13.0 Å². The maximum Gasteiger partial charge on any atom is 0.348 e. The third-order valence-electron chi connectivity index (χ3n) is 3.71. The average molecular weight is 353 g/mol. The Hall–Kier alpha value is -1.56. The Balaban J connectivity index is 1.75. The molecule has 0 radical (unpaired) electrons. The maximum atomic E-state index is 12.2. The molecule has 0 saturated heterocycles. The van der Waals surface area contributed by atoms with E-state index in [2.05, 4.69) is 6.92 Å². The zero-order valence-corrected chi connectivity index (χ0v) is 14.6. The quantitative estimate of drug-likeness (QED) is 0.760. The fourth-order valence-electron chi connectivity index (χ4n) is 2.55. The zero-order valence-electron chi connectivity index (χ0n) is 13.0. The Labute approximate surface area is 143 Å². The van der Waals surface area contributed by atoms with Crippen molar-refractivity contribution in [1.29, 1.82) is 0 Å². The Morgan fingerprint density at radius 1 is 1.35 bits per heavy atom. The lowest BCUT2D eigenvalue weighted by atomic mass is 10.1. The SMILES string of the molecule is CCc1cc(C(=O)OCc2cc(Cl)cc3c2OCOC3)sc1C. The van der Waals surface area contributed by atoms with Crippen molar-refractivity contribution < 1.29 is 19.0 Å². The number of aryl methyl sites for hydroxylation is 2. The van der Waals surface area contributed by atoms with Crippen molar-refractivity contribution in [3.8, 4) is 5.75 Å². The van der Waals surface area contributed by atoms with Crippen LogP contribution in [-0.2, 0) is 29.1 Å². The summed E-state index contributed by atoms with van der Waals surface area (Å²) < 4.78 is 16.2. The Morgan fingerprint density at radius 2 is 2.17 bits per heavy atom. The first kappa shape index (κ1) is 16.3. The minimum atomic E-state index is -0.321. The van der Waals surface area contributed by atoms with Crippen LogP contribution in [0.15, 0.2) is 18.2 Å². The fraction of sp³-hybridized carbons (Fsp3) is 0.353. The molecule has 1 aliphatic rings. The highest BCUT2D eigenvalue weighted by Crippen LogP contribution is 2.32. The predicted octanol–water partition coefficient (Wildman–Crippen LogP) is 4.50. The molecule has 0 N–H and O–H groups in total. The molecule has 6 heteroatoms. The largest absolute Gasteiger partial charge is 0.467 e. The second-order valence-corrected chi connectivity index (χ2v) is 6.98. The van der Waals surface area contributed by atoms with Gasteiger partial charge in [0, 0.05) is 21.0 Å². The number of hydrogen-bond donors (Lipinski definition) is 0. The van der Waals surface area contributed by atoms with Crippen molar-refractivity contribution in [2.24, 2.45) is 0 Å². The monoisotopic (exact) mass is 352 g/mol. The molecule has 0 fully saturated rings. The summed E-state index contributed by atoms with van der Waals surface area (Å²) in [5.41, 5.74) is 2.81. The van der Waals surface area contributed by atoms with Gasteiger partial charge < -0.3 is 14.2 Å². The molecule has 3 rings (SSSR count). The van der Waals surface area contributed by atoms with Gasteiger partial charge in [-0.2, -0.15) is 0 Å². The van der Waals surface area contributed by atoms with Crippen molar-refractivity contribution in [2.75, 3.05) is 6.79 Å². The van der Waals surface area contributed by atoms with E-state index < -0.39 is 0 Å². The predicted molar refractivity (Wildman–Crippen MR) is 89.3 cm³/mol. The van der Waals surface area contributed by atoms with Crippen LogP contribution in [0.4, 0.5) is 0 Å². The van der Waals surface area contributed by atoms with Crippen molar-refractivity contribution in [1.82, 2.24) is 0 Å². The molecule has 2 aromatic rings. The van der Waals surface area contributed by atoms with Crippen LogP contribution in [0.1, 0.15) is 38.2 Å². The summed E-state index contributed by atoms with van der Waals surface area (Å²) in [5, 5.41) is 0.573. The zero-order chi connectivity index (χ0) is 16.4.